The zero-order chi connectivity index (χ0) is 23.4. The molecule has 7 nitrogen and oxygen atoms in total. The molecule has 4 rings (SSSR count). The number of benzene rings is 1. The van der Waals surface area contributed by atoms with Gasteiger partial charge in [0, 0.05) is 30.3 Å². The van der Waals surface area contributed by atoms with E-state index < -0.39 is 10.0 Å². The Morgan fingerprint density at radius 3 is 2.48 bits per heavy atom. The highest BCUT2D eigenvalue weighted by molar-refractivity contribution is 7.93. The maximum atomic E-state index is 13.0. The average molecular weight is 469 g/mol. The van der Waals surface area contributed by atoms with E-state index >= 15 is 0 Å². The quantitative estimate of drug-likeness (QED) is 0.645. The van der Waals surface area contributed by atoms with Crippen LogP contribution in [0.15, 0.2) is 71.9 Å². The van der Waals surface area contributed by atoms with E-state index in [4.69, 9.17) is 0 Å². The van der Waals surface area contributed by atoms with E-state index in [9.17, 15) is 13.2 Å². The fraction of sp³-hybridized carbons (Fsp3) is 0.440. The lowest BCUT2D eigenvalue weighted by Gasteiger charge is -2.30. The van der Waals surface area contributed by atoms with Crippen LogP contribution in [-0.4, -0.2) is 30.1 Å². The lowest BCUT2D eigenvalue weighted by Crippen LogP contribution is -2.41. The molecule has 0 bridgehead atoms. The van der Waals surface area contributed by atoms with Crippen LogP contribution in [0.3, 0.4) is 0 Å². The summed E-state index contributed by atoms with van der Waals surface area (Å²) in [6, 6.07) is 11.5. The number of nitrogens with zero attached hydrogens (tertiary/aromatic N) is 2. The zero-order valence-electron chi connectivity index (χ0n) is 19.1. The summed E-state index contributed by atoms with van der Waals surface area (Å²) in [6.07, 6.45) is 11.6. The molecule has 1 aromatic heterocycles. The highest BCUT2D eigenvalue weighted by Crippen LogP contribution is 2.30. The largest absolute Gasteiger partial charge is 0.349 e. The Labute approximate surface area is 196 Å². The van der Waals surface area contributed by atoms with Crippen molar-refractivity contribution in [2.75, 3.05) is 0 Å². The maximum Gasteiger partial charge on any atom is 0.240 e. The zero-order valence-corrected chi connectivity index (χ0v) is 19.9. The number of carbonyl (C=O) groups is 1. The number of nitrogens with one attached hydrogen (secondary N) is 2. The molecule has 0 saturated heterocycles. The lowest BCUT2D eigenvalue weighted by atomic mass is 9.85. The van der Waals surface area contributed by atoms with Crippen LogP contribution in [0, 0.1) is 11.8 Å². The molecule has 2 aromatic rings. The first-order chi connectivity index (χ1) is 15.8. The van der Waals surface area contributed by atoms with Crippen molar-refractivity contribution in [3.63, 3.8) is 0 Å². The van der Waals surface area contributed by atoms with E-state index in [1.54, 1.807) is 18.3 Å². The molecule has 2 aliphatic carbocycles. The number of sulfonamides is 1. The highest BCUT2D eigenvalue weighted by atomic mass is 32.2. The van der Waals surface area contributed by atoms with Gasteiger partial charge in [-0.05, 0) is 50.3 Å². The molecule has 33 heavy (non-hydrogen) atoms. The van der Waals surface area contributed by atoms with Crippen molar-refractivity contribution in [3.05, 3.63) is 77.5 Å². The second-order valence-corrected chi connectivity index (χ2v) is 10.8. The van der Waals surface area contributed by atoms with Crippen molar-refractivity contribution in [2.45, 2.75) is 57.7 Å². The maximum absolute atomic E-state index is 13.0. The first kappa shape index (κ1) is 23.4. The first-order valence-corrected chi connectivity index (χ1v) is 13.1. The van der Waals surface area contributed by atoms with Gasteiger partial charge in [-0.25, -0.2) is 13.1 Å². The average Bonchev–Trinajstić information content (AvgIpc) is 3.34. The predicted octanol–water partition coefficient (Wildman–Crippen LogP) is 3.87. The monoisotopic (exact) mass is 468 g/mol. The van der Waals surface area contributed by atoms with Gasteiger partial charge in [0.05, 0.1) is 17.0 Å². The topological polar surface area (TPSA) is 93.1 Å². The third-order valence-corrected chi connectivity index (χ3v) is 8.18. The Balaban J connectivity index is 1.29. The van der Waals surface area contributed by atoms with E-state index in [-0.39, 0.29) is 35.9 Å². The van der Waals surface area contributed by atoms with E-state index in [0.29, 0.717) is 30.6 Å². The normalized spacial score (nSPS) is 26.4. The van der Waals surface area contributed by atoms with E-state index in [0.717, 1.165) is 5.56 Å². The summed E-state index contributed by atoms with van der Waals surface area (Å²) in [4.78, 5) is 13.0. The minimum Gasteiger partial charge on any atom is -0.349 e. The Morgan fingerprint density at radius 1 is 1.12 bits per heavy atom. The Morgan fingerprint density at radius 2 is 1.85 bits per heavy atom. The second-order valence-electron chi connectivity index (χ2n) is 9.07. The number of carbonyl (C=O) groups excluding carboxylic acids is 1. The van der Waals surface area contributed by atoms with Gasteiger partial charge < -0.3 is 5.32 Å². The van der Waals surface area contributed by atoms with Gasteiger partial charge in [-0.1, -0.05) is 49.4 Å². The van der Waals surface area contributed by atoms with Gasteiger partial charge in [-0.3, -0.25) is 9.48 Å². The van der Waals surface area contributed by atoms with Crippen LogP contribution < -0.4 is 10.0 Å². The van der Waals surface area contributed by atoms with Crippen molar-refractivity contribution in [3.8, 4) is 0 Å². The number of hydrogen-bond donors (Lipinski definition) is 2. The smallest absolute Gasteiger partial charge is 0.240 e. The van der Waals surface area contributed by atoms with Crippen LogP contribution in [0.25, 0.3) is 0 Å². The van der Waals surface area contributed by atoms with E-state index in [1.807, 2.05) is 67.2 Å². The molecule has 1 heterocycles. The molecule has 1 amide bonds. The van der Waals surface area contributed by atoms with Crippen LogP contribution in [0.5, 0.6) is 0 Å². The molecule has 1 fully saturated rings. The molecule has 8 heteroatoms. The van der Waals surface area contributed by atoms with Gasteiger partial charge in [0.1, 0.15) is 0 Å². The van der Waals surface area contributed by atoms with Crippen LogP contribution >= 0.6 is 0 Å². The van der Waals surface area contributed by atoms with Crippen molar-refractivity contribution in [1.29, 1.82) is 0 Å². The van der Waals surface area contributed by atoms with Gasteiger partial charge in [0.2, 0.25) is 15.9 Å². The highest BCUT2D eigenvalue weighted by Gasteiger charge is 2.31. The third-order valence-electron chi connectivity index (χ3n) is 6.64. The molecule has 176 valence electrons. The number of amides is 1. The molecule has 2 N–H and O–H groups in total. The number of aromatic nitrogens is 2. The molecule has 1 saturated carbocycles. The molecule has 0 aliphatic heterocycles. The van der Waals surface area contributed by atoms with Gasteiger partial charge in [0.15, 0.2) is 0 Å². The standard InChI is InChI=1S/C25H32N4O3S/c1-18-17-23(13-14-24(18)29-16-6-15-26-29)33(31,32)28-22-11-9-21(10-12-22)25(30)27-19(2)20-7-4-3-5-8-20/h3-8,13-19,21-22,24,28H,9-12H2,1-2H3,(H,27,30)/t18?,19-,21-,22-,24?/m1/s1. The summed E-state index contributed by atoms with van der Waals surface area (Å²) < 4.78 is 30.6. The van der Waals surface area contributed by atoms with E-state index in [2.05, 4.69) is 15.1 Å². The van der Waals surface area contributed by atoms with Crippen molar-refractivity contribution in [1.82, 2.24) is 19.8 Å². The number of hydrogen-bond acceptors (Lipinski definition) is 4. The van der Waals surface area contributed by atoms with Crippen LogP contribution in [0.1, 0.15) is 57.2 Å². The minimum absolute atomic E-state index is 0.00572. The summed E-state index contributed by atoms with van der Waals surface area (Å²) in [5, 5.41) is 7.36. The minimum atomic E-state index is -3.61. The SMILES string of the molecule is CC1C=C(S(=O)(=O)N[C@H]2CC[C@H](C(=O)N[C@H](C)c3ccccc3)CC2)C=CC1n1cccn1. The molecule has 0 radical (unpaired) electrons. The molecule has 0 spiro atoms. The molecular formula is C25H32N4O3S. The number of rotatable bonds is 7. The number of allylic oxidation sites excluding steroid dienone is 3. The fourth-order valence-corrected chi connectivity index (χ4v) is 6.13. The Kier molecular flexibility index (Phi) is 7.14. The molecular weight excluding hydrogens is 436 g/mol. The van der Waals surface area contributed by atoms with Crippen LogP contribution in [0.2, 0.25) is 0 Å². The van der Waals surface area contributed by atoms with Crippen LogP contribution in [0.4, 0.5) is 0 Å². The molecule has 2 unspecified atom stereocenters. The Hall–Kier alpha value is -2.71. The summed E-state index contributed by atoms with van der Waals surface area (Å²) in [7, 11) is -3.61. The van der Waals surface area contributed by atoms with Gasteiger partial charge in [0.25, 0.3) is 0 Å². The summed E-state index contributed by atoms with van der Waals surface area (Å²) in [5.41, 5.74) is 1.07. The predicted molar refractivity (Wildman–Crippen MR) is 128 cm³/mol. The first-order valence-electron chi connectivity index (χ1n) is 11.6. The summed E-state index contributed by atoms with van der Waals surface area (Å²) >= 11 is 0. The molecule has 3 atom stereocenters. The lowest BCUT2D eigenvalue weighted by molar-refractivity contribution is -0.126. The van der Waals surface area contributed by atoms with Gasteiger partial charge in [-0.15, -0.1) is 0 Å². The molecule has 1 aromatic carbocycles. The van der Waals surface area contributed by atoms with E-state index in [1.165, 1.54) is 0 Å². The third kappa shape index (κ3) is 5.62. The Bertz CT molecular complexity index is 1100. The van der Waals surface area contributed by atoms with Crippen molar-refractivity contribution in [2.24, 2.45) is 11.8 Å². The fourth-order valence-electron chi connectivity index (χ4n) is 4.66. The van der Waals surface area contributed by atoms with Gasteiger partial charge in [-0.2, -0.15) is 5.10 Å². The second kappa shape index (κ2) is 10.1. The van der Waals surface area contributed by atoms with Crippen LogP contribution in [-0.2, 0) is 14.8 Å². The van der Waals surface area contributed by atoms with Gasteiger partial charge >= 0.3 is 0 Å². The summed E-state index contributed by atoms with van der Waals surface area (Å²) in [5.74, 6) is -0.0304. The summed E-state index contributed by atoms with van der Waals surface area (Å²) in [6.45, 7) is 3.97. The van der Waals surface area contributed by atoms with Crippen molar-refractivity contribution < 1.29 is 13.2 Å². The molecule has 2 aliphatic rings. The van der Waals surface area contributed by atoms with Crippen molar-refractivity contribution >= 4 is 15.9 Å².